The number of aromatic nitrogens is 2. The average molecular weight is 395 g/mol. The molecule has 0 aliphatic heterocycles. The van der Waals surface area contributed by atoms with Crippen molar-refractivity contribution in [2.75, 3.05) is 0 Å². The van der Waals surface area contributed by atoms with E-state index in [1.54, 1.807) is 0 Å². The van der Waals surface area contributed by atoms with E-state index in [-0.39, 0.29) is 0 Å². The first kappa shape index (κ1) is 15.9. The summed E-state index contributed by atoms with van der Waals surface area (Å²) in [5.41, 5.74) is 6.63. The zero-order valence-electron chi connectivity index (χ0n) is 17.4. The first-order valence-electron chi connectivity index (χ1n) is 10.9. The van der Waals surface area contributed by atoms with Gasteiger partial charge in [-0.3, -0.25) is 0 Å². The summed E-state index contributed by atoms with van der Waals surface area (Å²) in [5, 5.41) is 12.1. The van der Waals surface area contributed by atoms with Gasteiger partial charge in [-0.2, -0.15) is 0 Å². The summed E-state index contributed by atoms with van der Waals surface area (Å²) in [7, 11) is 2.18. The van der Waals surface area contributed by atoms with Crippen LogP contribution in [0, 0.1) is 6.92 Å². The number of hydrogen-bond donors (Lipinski definition) is 0. The van der Waals surface area contributed by atoms with Gasteiger partial charge in [0.1, 0.15) is 7.05 Å². The van der Waals surface area contributed by atoms with E-state index < -0.39 is 0 Å². The zero-order valence-corrected chi connectivity index (χ0v) is 17.4. The van der Waals surface area contributed by atoms with Gasteiger partial charge < -0.3 is 4.40 Å². The van der Waals surface area contributed by atoms with Crippen molar-refractivity contribution < 1.29 is 4.57 Å². The third-order valence-corrected chi connectivity index (χ3v) is 7.43. The highest BCUT2D eigenvalue weighted by molar-refractivity contribution is 6.35. The fourth-order valence-corrected chi connectivity index (χ4v) is 6.14. The van der Waals surface area contributed by atoms with Gasteiger partial charge in [0.05, 0.1) is 27.3 Å². The second kappa shape index (κ2) is 5.04. The number of nitrogens with zero attached hydrogens (tertiary/aromatic N) is 2. The van der Waals surface area contributed by atoms with Gasteiger partial charge in [0.2, 0.25) is 5.52 Å². The Morgan fingerprint density at radius 3 is 2.39 bits per heavy atom. The molecule has 0 radical (unpaired) electrons. The third-order valence-electron chi connectivity index (χ3n) is 7.43. The Kier molecular flexibility index (Phi) is 2.58. The van der Waals surface area contributed by atoms with Crippen molar-refractivity contribution in [3.05, 3.63) is 84.6 Å². The topological polar surface area (TPSA) is 8.29 Å². The highest BCUT2D eigenvalue weighted by Gasteiger charge is 2.26. The minimum atomic E-state index is 1.29. The summed E-state index contributed by atoms with van der Waals surface area (Å²) in [6.45, 7) is 2.29. The first-order valence-corrected chi connectivity index (χ1v) is 10.9. The smallest absolute Gasteiger partial charge is 0.224 e. The molecule has 0 aliphatic carbocycles. The van der Waals surface area contributed by atoms with Crippen LogP contribution in [-0.2, 0) is 7.05 Å². The first-order chi connectivity index (χ1) is 15.2. The molecular weight excluding hydrogens is 376 g/mol. The summed E-state index contributed by atoms with van der Waals surface area (Å²) < 4.78 is 4.85. The Bertz CT molecular complexity index is 2010. The maximum Gasteiger partial charge on any atom is 0.224 e. The lowest BCUT2D eigenvalue weighted by Gasteiger charge is -2.15. The molecule has 0 saturated carbocycles. The van der Waals surface area contributed by atoms with Crippen molar-refractivity contribution in [1.82, 2.24) is 4.40 Å². The summed E-state index contributed by atoms with van der Waals surface area (Å²) >= 11 is 0. The Balaban J connectivity index is 1.90. The number of aryl methyl sites for hydroxylation is 2. The van der Waals surface area contributed by atoms with Crippen LogP contribution in [-0.4, -0.2) is 4.40 Å². The van der Waals surface area contributed by atoms with Crippen molar-refractivity contribution in [3.8, 4) is 0 Å². The van der Waals surface area contributed by atoms with Gasteiger partial charge in [-0.25, -0.2) is 4.57 Å². The quantitative estimate of drug-likeness (QED) is 0.150. The van der Waals surface area contributed by atoms with Crippen molar-refractivity contribution in [2.45, 2.75) is 6.92 Å². The molecule has 0 fully saturated rings. The number of hydrogen-bond acceptors (Lipinski definition) is 0. The third kappa shape index (κ3) is 1.67. The second-order valence-electron chi connectivity index (χ2n) is 8.96. The van der Waals surface area contributed by atoms with Gasteiger partial charge in [-0.1, -0.05) is 48.5 Å². The SMILES string of the molecule is Cc1c2ccccc2cc2c1c1c3c(cc[n+]1C)cc1ccc4cccc5c4c1c3n25. The van der Waals surface area contributed by atoms with Crippen molar-refractivity contribution in [3.63, 3.8) is 0 Å². The minimum Gasteiger partial charge on any atom is -0.307 e. The second-order valence-corrected chi connectivity index (χ2v) is 8.96. The van der Waals surface area contributed by atoms with E-state index in [0.29, 0.717) is 0 Å². The van der Waals surface area contributed by atoms with Crippen molar-refractivity contribution in [2.24, 2.45) is 7.05 Å². The molecule has 144 valence electrons. The highest BCUT2D eigenvalue weighted by Crippen LogP contribution is 2.45. The van der Waals surface area contributed by atoms with Crippen LogP contribution < -0.4 is 4.57 Å². The molecule has 8 rings (SSSR count). The summed E-state index contributed by atoms with van der Waals surface area (Å²) in [6.07, 6.45) is 2.21. The molecule has 0 bridgehead atoms. The van der Waals surface area contributed by atoms with E-state index >= 15 is 0 Å². The molecule has 0 aliphatic rings. The van der Waals surface area contributed by atoms with E-state index in [4.69, 9.17) is 0 Å². The van der Waals surface area contributed by atoms with Gasteiger partial charge in [-0.15, -0.1) is 0 Å². The van der Waals surface area contributed by atoms with E-state index in [0.717, 1.165) is 0 Å². The van der Waals surface area contributed by atoms with E-state index in [9.17, 15) is 0 Å². The van der Waals surface area contributed by atoms with Crippen LogP contribution in [0.1, 0.15) is 5.56 Å². The lowest BCUT2D eigenvalue weighted by molar-refractivity contribution is -0.643. The van der Waals surface area contributed by atoms with Gasteiger partial charge in [-0.05, 0) is 57.6 Å². The molecule has 0 spiro atoms. The maximum absolute atomic E-state index is 2.54. The monoisotopic (exact) mass is 395 g/mol. The van der Waals surface area contributed by atoms with Crippen LogP contribution >= 0.6 is 0 Å². The molecule has 0 saturated heterocycles. The number of fused-ring (bicyclic) bond motifs is 5. The standard InChI is InChI=1S/C29H19N2/c1-16-21-8-4-3-6-18(21)15-23-24(16)28-27-20(12-13-30(28)2)14-19-11-10-17-7-5-9-22-25(17)26(19)29(27)31(22)23/h3-15H,1-2H3/q+1. The minimum absolute atomic E-state index is 1.29. The molecule has 31 heavy (non-hydrogen) atoms. The van der Waals surface area contributed by atoms with E-state index in [1.807, 2.05) is 0 Å². The fraction of sp³-hybridized carbons (Fsp3) is 0.0690. The molecule has 0 N–H and O–H groups in total. The largest absolute Gasteiger partial charge is 0.307 e. The molecule has 8 aromatic rings. The highest BCUT2D eigenvalue weighted by atomic mass is 15.0. The van der Waals surface area contributed by atoms with Gasteiger partial charge >= 0.3 is 0 Å². The molecule has 5 aromatic carbocycles. The van der Waals surface area contributed by atoms with Crippen LogP contribution in [0.3, 0.4) is 0 Å². The van der Waals surface area contributed by atoms with E-state index in [2.05, 4.69) is 102 Å². The summed E-state index contributed by atoms with van der Waals surface area (Å²) in [6, 6.07) is 27.1. The van der Waals surface area contributed by atoms with Crippen LogP contribution in [0.4, 0.5) is 0 Å². The van der Waals surface area contributed by atoms with Gasteiger partial charge in [0.15, 0.2) is 6.20 Å². The molecule has 3 heterocycles. The Hall–Kier alpha value is -3.91. The Labute approximate surface area is 178 Å². The summed E-state index contributed by atoms with van der Waals surface area (Å²) in [4.78, 5) is 0. The van der Waals surface area contributed by atoms with Crippen molar-refractivity contribution >= 4 is 70.5 Å². The van der Waals surface area contributed by atoms with E-state index in [1.165, 1.54) is 76.1 Å². The van der Waals surface area contributed by atoms with Crippen LogP contribution in [0.5, 0.6) is 0 Å². The maximum atomic E-state index is 2.54. The Morgan fingerprint density at radius 2 is 1.45 bits per heavy atom. The van der Waals surface area contributed by atoms with Gasteiger partial charge in [0.25, 0.3) is 0 Å². The van der Waals surface area contributed by atoms with Gasteiger partial charge in [0, 0.05) is 16.8 Å². The molecule has 0 unspecified atom stereocenters. The fourth-order valence-electron chi connectivity index (χ4n) is 6.14. The van der Waals surface area contributed by atoms with Crippen LogP contribution in [0.2, 0.25) is 0 Å². The van der Waals surface area contributed by atoms with Crippen molar-refractivity contribution in [1.29, 1.82) is 0 Å². The molecule has 0 atom stereocenters. The van der Waals surface area contributed by atoms with Crippen LogP contribution in [0.25, 0.3) is 70.5 Å². The predicted octanol–water partition coefficient (Wildman–Crippen LogP) is 6.87. The number of rotatable bonds is 0. The molecule has 0 amide bonds. The molecular formula is C29H19N2+. The normalized spacial score (nSPS) is 12.8. The average Bonchev–Trinajstić information content (AvgIpc) is 3.15. The number of benzene rings is 5. The van der Waals surface area contributed by atoms with Crippen LogP contribution in [0.15, 0.2) is 79.0 Å². The molecule has 2 heteroatoms. The molecule has 3 aromatic heterocycles. The predicted molar refractivity (Wildman–Crippen MR) is 131 cm³/mol. The molecule has 2 nitrogen and oxygen atoms in total. The number of pyridine rings is 2. The zero-order chi connectivity index (χ0) is 20.4. The Morgan fingerprint density at radius 1 is 0.645 bits per heavy atom. The lowest BCUT2D eigenvalue weighted by atomic mass is 9.94. The summed E-state index contributed by atoms with van der Waals surface area (Å²) in [5.74, 6) is 0. The lowest BCUT2D eigenvalue weighted by Crippen LogP contribution is -2.28.